The third kappa shape index (κ3) is 5.49. The van der Waals surface area contributed by atoms with Gasteiger partial charge in [0.25, 0.3) is 5.91 Å². The molecular formula is C20H22N2O3. The van der Waals surface area contributed by atoms with E-state index in [4.69, 9.17) is 4.74 Å². The number of carbonyl (C=O) groups is 2. The van der Waals surface area contributed by atoms with Gasteiger partial charge in [-0.15, -0.1) is 0 Å². The number of carbonyl (C=O) groups excluding carboxylic acids is 2. The summed E-state index contributed by atoms with van der Waals surface area (Å²) in [5, 5.41) is 5.42. The number of anilines is 1. The number of likely N-dealkylation sites (N-methyl/N-ethyl adjacent to an activating group) is 1. The van der Waals surface area contributed by atoms with E-state index in [1.165, 1.54) is 0 Å². The van der Waals surface area contributed by atoms with Crippen molar-refractivity contribution in [1.29, 1.82) is 0 Å². The van der Waals surface area contributed by atoms with Crippen LogP contribution in [0.1, 0.15) is 22.8 Å². The van der Waals surface area contributed by atoms with E-state index in [0.717, 1.165) is 11.1 Å². The van der Waals surface area contributed by atoms with E-state index in [1.807, 2.05) is 25.1 Å². The van der Waals surface area contributed by atoms with Gasteiger partial charge in [0.15, 0.2) is 0 Å². The molecule has 2 N–H and O–H groups in total. The Morgan fingerprint density at radius 3 is 2.40 bits per heavy atom. The molecular weight excluding hydrogens is 316 g/mol. The highest BCUT2D eigenvalue weighted by Gasteiger charge is 2.12. The van der Waals surface area contributed by atoms with Crippen molar-refractivity contribution in [3.05, 3.63) is 71.8 Å². The first kappa shape index (κ1) is 18.3. The van der Waals surface area contributed by atoms with E-state index < -0.39 is 0 Å². The van der Waals surface area contributed by atoms with Crippen LogP contribution in [0.2, 0.25) is 0 Å². The summed E-state index contributed by atoms with van der Waals surface area (Å²) in [7, 11) is 1.60. The van der Waals surface area contributed by atoms with Crippen molar-refractivity contribution in [2.24, 2.45) is 0 Å². The van der Waals surface area contributed by atoms with E-state index in [2.05, 4.69) is 17.2 Å². The molecule has 5 heteroatoms. The number of nitrogens with one attached hydrogen (secondary N) is 2. The average molecular weight is 338 g/mol. The van der Waals surface area contributed by atoms with Gasteiger partial charge in [-0.2, -0.15) is 0 Å². The Morgan fingerprint density at radius 2 is 1.76 bits per heavy atom. The Balaban J connectivity index is 2.07. The molecule has 0 saturated carbocycles. The molecule has 0 fully saturated rings. The zero-order chi connectivity index (χ0) is 18.2. The summed E-state index contributed by atoms with van der Waals surface area (Å²) in [5.41, 5.74) is 2.86. The molecule has 0 aliphatic carbocycles. The fourth-order valence-corrected chi connectivity index (χ4v) is 2.16. The molecule has 0 radical (unpaired) electrons. The first-order valence-electron chi connectivity index (χ1n) is 7.96. The molecule has 0 atom stereocenters. The zero-order valence-corrected chi connectivity index (χ0v) is 14.5. The highest BCUT2D eigenvalue weighted by molar-refractivity contribution is 6.06. The molecule has 0 aromatic heterocycles. The lowest BCUT2D eigenvalue weighted by Gasteiger charge is -2.12. The fourth-order valence-electron chi connectivity index (χ4n) is 2.16. The molecule has 5 nitrogen and oxygen atoms in total. The minimum Gasteiger partial charge on any atom is -0.488 e. The Bertz CT molecular complexity index is 767. The van der Waals surface area contributed by atoms with E-state index in [-0.39, 0.29) is 11.8 Å². The second-order valence-electron chi connectivity index (χ2n) is 5.74. The SMILES string of the molecule is C=C(C)COc1ccccc1C(=O)Nc1ccc(CC(=O)NC)cc1. The summed E-state index contributed by atoms with van der Waals surface area (Å²) in [4.78, 5) is 23.9. The first-order valence-corrected chi connectivity index (χ1v) is 7.96. The van der Waals surface area contributed by atoms with Gasteiger partial charge < -0.3 is 15.4 Å². The van der Waals surface area contributed by atoms with Gasteiger partial charge >= 0.3 is 0 Å². The molecule has 2 aromatic carbocycles. The second-order valence-corrected chi connectivity index (χ2v) is 5.74. The van der Waals surface area contributed by atoms with Gasteiger partial charge in [-0.1, -0.05) is 30.8 Å². The third-order valence-corrected chi connectivity index (χ3v) is 3.46. The normalized spacial score (nSPS) is 10.0. The largest absolute Gasteiger partial charge is 0.488 e. The lowest BCUT2D eigenvalue weighted by molar-refractivity contribution is -0.119. The third-order valence-electron chi connectivity index (χ3n) is 3.46. The maximum Gasteiger partial charge on any atom is 0.259 e. The Hall–Kier alpha value is -3.08. The number of hydrogen-bond donors (Lipinski definition) is 2. The van der Waals surface area contributed by atoms with Gasteiger partial charge in [0.05, 0.1) is 12.0 Å². The molecule has 0 bridgehead atoms. The second kappa shape index (κ2) is 8.68. The standard InChI is InChI=1S/C20H22N2O3/c1-14(2)13-25-18-7-5-4-6-17(18)20(24)22-16-10-8-15(9-11-16)12-19(23)21-3/h4-11H,1,12-13H2,2-3H3,(H,21,23)(H,22,24). The van der Waals surface area contributed by atoms with Crippen molar-refractivity contribution in [1.82, 2.24) is 5.32 Å². The Morgan fingerprint density at radius 1 is 1.08 bits per heavy atom. The minimum atomic E-state index is -0.253. The highest BCUT2D eigenvalue weighted by atomic mass is 16.5. The van der Waals surface area contributed by atoms with Crippen LogP contribution in [0.4, 0.5) is 5.69 Å². The van der Waals surface area contributed by atoms with Gasteiger partial charge in [0.2, 0.25) is 5.91 Å². The van der Waals surface area contributed by atoms with Gasteiger partial charge in [0.1, 0.15) is 12.4 Å². The maximum absolute atomic E-state index is 12.5. The van der Waals surface area contributed by atoms with Gasteiger partial charge in [-0.3, -0.25) is 9.59 Å². The van der Waals surface area contributed by atoms with Crippen LogP contribution in [0.25, 0.3) is 0 Å². The van der Waals surface area contributed by atoms with Crippen molar-refractivity contribution in [3.63, 3.8) is 0 Å². The minimum absolute atomic E-state index is 0.0552. The Labute approximate surface area is 147 Å². The molecule has 2 rings (SSSR count). The number of benzene rings is 2. The van der Waals surface area contributed by atoms with Crippen LogP contribution in [0.3, 0.4) is 0 Å². The maximum atomic E-state index is 12.5. The van der Waals surface area contributed by atoms with Crippen LogP contribution in [-0.4, -0.2) is 25.5 Å². The number of rotatable bonds is 7. The quantitative estimate of drug-likeness (QED) is 0.762. The van der Waals surface area contributed by atoms with E-state index in [9.17, 15) is 9.59 Å². The van der Waals surface area contributed by atoms with Crippen molar-refractivity contribution >= 4 is 17.5 Å². The molecule has 0 spiro atoms. The number of para-hydroxylation sites is 1. The molecule has 25 heavy (non-hydrogen) atoms. The van der Waals surface area contributed by atoms with Crippen LogP contribution < -0.4 is 15.4 Å². The van der Waals surface area contributed by atoms with Crippen molar-refractivity contribution in [2.45, 2.75) is 13.3 Å². The molecule has 2 aromatic rings. The van der Waals surface area contributed by atoms with Crippen LogP contribution in [0.15, 0.2) is 60.7 Å². The van der Waals surface area contributed by atoms with Gasteiger partial charge in [-0.25, -0.2) is 0 Å². The summed E-state index contributed by atoms with van der Waals surface area (Å²) in [5.74, 6) is 0.205. The lowest BCUT2D eigenvalue weighted by Crippen LogP contribution is -2.19. The number of hydrogen-bond acceptors (Lipinski definition) is 3. The van der Waals surface area contributed by atoms with Crippen molar-refractivity contribution in [3.8, 4) is 5.75 Å². The van der Waals surface area contributed by atoms with Gasteiger partial charge in [-0.05, 0) is 42.3 Å². The summed E-state index contributed by atoms with van der Waals surface area (Å²) >= 11 is 0. The smallest absolute Gasteiger partial charge is 0.259 e. The predicted octanol–water partition coefficient (Wildman–Crippen LogP) is 3.18. The summed E-state index contributed by atoms with van der Waals surface area (Å²) in [6.07, 6.45) is 0.308. The summed E-state index contributed by atoms with van der Waals surface area (Å²) < 4.78 is 5.63. The predicted molar refractivity (Wildman–Crippen MR) is 98.9 cm³/mol. The Kier molecular flexibility index (Phi) is 6.34. The number of amides is 2. The number of ether oxygens (including phenoxy) is 1. The average Bonchev–Trinajstić information content (AvgIpc) is 2.61. The van der Waals surface area contributed by atoms with Crippen molar-refractivity contribution < 1.29 is 14.3 Å². The molecule has 0 heterocycles. The van der Waals surface area contributed by atoms with Crippen LogP contribution in [-0.2, 0) is 11.2 Å². The van der Waals surface area contributed by atoms with Crippen molar-refractivity contribution in [2.75, 3.05) is 19.0 Å². The van der Waals surface area contributed by atoms with Crippen LogP contribution >= 0.6 is 0 Å². The zero-order valence-electron chi connectivity index (χ0n) is 14.5. The first-order chi connectivity index (χ1) is 12.0. The van der Waals surface area contributed by atoms with Crippen LogP contribution in [0, 0.1) is 0 Å². The van der Waals surface area contributed by atoms with Crippen LogP contribution in [0.5, 0.6) is 5.75 Å². The topological polar surface area (TPSA) is 67.4 Å². The summed E-state index contributed by atoms with van der Waals surface area (Å²) in [6, 6.07) is 14.2. The molecule has 0 saturated heterocycles. The van der Waals surface area contributed by atoms with E-state index in [0.29, 0.717) is 30.0 Å². The summed E-state index contributed by atoms with van der Waals surface area (Å²) in [6.45, 7) is 6.02. The molecule has 2 amide bonds. The lowest BCUT2D eigenvalue weighted by atomic mass is 10.1. The monoisotopic (exact) mass is 338 g/mol. The fraction of sp³-hybridized carbons (Fsp3) is 0.200. The molecule has 0 aliphatic rings. The molecule has 130 valence electrons. The molecule has 0 unspecified atom stereocenters. The van der Waals surface area contributed by atoms with Gasteiger partial charge in [0, 0.05) is 12.7 Å². The highest BCUT2D eigenvalue weighted by Crippen LogP contribution is 2.20. The van der Waals surface area contributed by atoms with E-state index in [1.54, 1.807) is 37.4 Å². The molecule has 0 aliphatic heterocycles. The van der Waals surface area contributed by atoms with E-state index >= 15 is 0 Å².